The van der Waals surface area contributed by atoms with Crippen LogP contribution in [0.5, 0.6) is 11.5 Å². The largest absolute Gasteiger partial charge is 0.456 e. The van der Waals surface area contributed by atoms with E-state index in [0.29, 0.717) is 37.6 Å². The Morgan fingerprint density at radius 1 is 0.738 bits per heavy atom. The molecule has 0 N–H and O–H groups in total. The van der Waals surface area contributed by atoms with E-state index in [1.54, 1.807) is 12.1 Å². The maximum Gasteiger partial charge on any atom is 0.406 e. The Hall–Kier alpha value is -3.96. The van der Waals surface area contributed by atoms with Gasteiger partial charge in [-0.25, -0.2) is 17.6 Å². The van der Waals surface area contributed by atoms with E-state index in [9.17, 15) is 26.7 Å². The molecule has 224 valence electrons. The number of benzene rings is 3. The molecule has 0 saturated carbocycles. The summed E-state index contributed by atoms with van der Waals surface area (Å²) in [7, 11) is 0. The molecule has 0 unspecified atom stereocenters. The van der Waals surface area contributed by atoms with E-state index in [2.05, 4.69) is 0 Å². The minimum absolute atomic E-state index is 0.0408. The van der Waals surface area contributed by atoms with Crippen LogP contribution < -0.4 is 14.5 Å². The zero-order valence-corrected chi connectivity index (χ0v) is 23.3. The lowest BCUT2D eigenvalue weighted by atomic mass is 9.74. The molecule has 2 aliphatic rings. The van der Waals surface area contributed by atoms with Crippen LogP contribution in [0.15, 0.2) is 36.4 Å². The molecular weight excluding hydrogens is 567 g/mol. The number of hydrogen-bond donors (Lipinski definition) is 0. The minimum atomic E-state index is -5.05. The van der Waals surface area contributed by atoms with Crippen molar-refractivity contribution in [2.24, 2.45) is 0 Å². The fraction of sp³-hybridized carbons (Fsp3) is 0.367. The van der Waals surface area contributed by atoms with Gasteiger partial charge in [0, 0.05) is 66.4 Å². The fourth-order valence-electron chi connectivity index (χ4n) is 6.15. The lowest BCUT2D eigenvalue weighted by Gasteiger charge is -2.44. The summed E-state index contributed by atoms with van der Waals surface area (Å²) in [6.45, 7) is 7.87. The molecule has 0 atom stereocenters. The maximum atomic E-state index is 15.9. The molecule has 2 aliphatic heterocycles. The normalized spacial score (nSPS) is 14.9. The molecule has 2 heterocycles. The Morgan fingerprint density at radius 2 is 1.19 bits per heavy atom. The van der Waals surface area contributed by atoms with Crippen molar-refractivity contribution in [1.82, 2.24) is 4.90 Å². The summed E-state index contributed by atoms with van der Waals surface area (Å²) in [6.07, 6.45) is -5.05. The van der Waals surface area contributed by atoms with Gasteiger partial charge in [0.2, 0.25) is 0 Å². The average molecular weight is 596 g/mol. The third kappa shape index (κ3) is 4.17. The van der Waals surface area contributed by atoms with Gasteiger partial charge in [0.25, 0.3) is 5.91 Å². The van der Waals surface area contributed by atoms with Crippen LogP contribution >= 0.6 is 0 Å². The third-order valence-electron chi connectivity index (χ3n) is 8.02. The monoisotopic (exact) mass is 595 g/mol. The number of amides is 1. The third-order valence-corrected chi connectivity index (χ3v) is 8.02. The van der Waals surface area contributed by atoms with Crippen molar-refractivity contribution >= 4 is 17.3 Å². The number of rotatable bonds is 7. The van der Waals surface area contributed by atoms with Crippen LogP contribution in [0.4, 0.5) is 42.1 Å². The van der Waals surface area contributed by atoms with Crippen molar-refractivity contribution in [2.45, 2.75) is 39.4 Å². The van der Waals surface area contributed by atoms with Crippen molar-refractivity contribution in [3.8, 4) is 11.5 Å². The van der Waals surface area contributed by atoms with E-state index < -0.39 is 58.6 Å². The van der Waals surface area contributed by atoms with Crippen LogP contribution in [0.3, 0.4) is 0 Å². The Labute approximate surface area is 238 Å². The molecule has 0 saturated heterocycles. The SMILES string of the molecule is CCN(CC)c1ccc2c(c1)Oc1cc(N(CC)CC)ccc1C21c2c(F)c(F)c(F)c(F)c2C(=O)N1CC(F)(F)F. The van der Waals surface area contributed by atoms with Crippen molar-refractivity contribution in [3.63, 3.8) is 0 Å². The summed E-state index contributed by atoms with van der Waals surface area (Å²) in [5.74, 6) is -10.3. The predicted octanol–water partition coefficient (Wildman–Crippen LogP) is 7.35. The van der Waals surface area contributed by atoms with Gasteiger partial charge < -0.3 is 19.4 Å². The van der Waals surface area contributed by atoms with Gasteiger partial charge in [-0.1, -0.05) is 12.1 Å². The van der Waals surface area contributed by atoms with Gasteiger partial charge in [0.1, 0.15) is 23.6 Å². The van der Waals surface area contributed by atoms with Crippen LogP contribution in [0, 0.1) is 23.3 Å². The first kappa shape index (κ1) is 29.5. The van der Waals surface area contributed by atoms with Crippen LogP contribution in [0.25, 0.3) is 0 Å². The van der Waals surface area contributed by atoms with Gasteiger partial charge in [0.15, 0.2) is 23.3 Å². The maximum absolute atomic E-state index is 15.9. The summed E-state index contributed by atoms with van der Waals surface area (Å²) >= 11 is 0. The van der Waals surface area contributed by atoms with Crippen molar-refractivity contribution in [1.29, 1.82) is 0 Å². The second-order valence-corrected chi connectivity index (χ2v) is 10.0. The summed E-state index contributed by atoms with van der Waals surface area (Å²) in [4.78, 5) is 17.7. The van der Waals surface area contributed by atoms with Crippen LogP contribution in [-0.2, 0) is 5.54 Å². The lowest BCUT2D eigenvalue weighted by Crippen LogP contribution is -2.51. The van der Waals surface area contributed by atoms with Crippen LogP contribution in [0.2, 0.25) is 0 Å². The van der Waals surface area contributed by atoms with Crippen molar-refractivity contribution in [3.05, 3.63) is 81.9 Å². The number of nitrogens with zero attached hydrogens (tertiary/aromatic N) is 3. The van der Waals surface area contributed by atoms with Crippen LogP contribution in [-0.4, -0.2) is 49.7 Å². The van der Waals surface area contributed by atoms with Gasteiger partial charge in [-0.05, 0) is 39.8 Å². The van der Waals surface area contributed by atoms with Gasteiger partial charge >= 0.3 is 6.18 Å². The quantitative estimate of drug-likeness (QED) is 0.163. The van der Waals surface area contributed by atoms with E-state index in [-0.39, 0.29) is 27.5 Å². The molecule has 3 aromatic rings. The number of carbonyl (C=O) groups is 1. The number of halogens is 7. The summed E-state index contributed by atoms with van der Waals surface area (Å²) < 4.78 is 109. The van der Waals surface area contributed by atoms with Crippen molar-refractivity contribution < 1.29 is 40.3 Å². The van der Waals surface area contributed by atoms with E-state index in [4.69, 9.17) is 4.74 Å². The second kappa shape index (κ2) is 10.4. The van der Waals surface area contributed by atoms with E-state index >= 15 is 8.78 Å². The molecular formula is C30H28F7N3O2. The average Bonchev–Trinajstić information content (AvgIpc) is 3.19. The molecule has 0 aromatic heterocycles. The van der Waals surface area contributed by atoms with E-state index in [0.717, 1.165) is 0 Å². The first-order chi connectivity index (χ1) is 19.8. The van der Waals surface area contributed by atoms with Gasteiger partial charge in [-0.2, -0.15) is 13.2 Å². The molecule has 1 spiro atoms. The standard InChI is InChI=1S/C30H28F7N3O2/c1-5-38(6-2)16-9-11-18-20(13-16)42-21-14-17(39(7-3)8-4)10-12-19(21)30(18)23-22(24(31)26(33)27(34)25(23)32)28(41)40(30)15-29(35,36)37/h9-14H,5-8,15H2,1-4H3. The molecule has 0 bridgehead atoms. The molecule has 5 rings (SSSR count). The van der Waals surface area contributed by atoms with Gasteiger partial charge in [0.05, 0.1) is 5.56 Å². The lowest BCUT2D eigenvalue weighted by molar-refractivity contribution is -0.146. The van der Waals surface area contributed by atoms with Gasteiger partial charge in [-0.3, -0.25) is 4.79 Å². The first-order valence-corrected chi connectivity index (χ1v) is 13.6. The molecule has 42 heavy (non-hydrogen) atoms. The number of fused-ring (bicyclic) bond motifs is 6. The molecule has 5 nitrogen and oxygen atoms in total. The molecule has 0 fully saturated rings. The smallest absolute Gasteiger partial charge is 0.406 e. The zero-order chi connectivity index (χ0) is 30.7. The highest BCUT2D eigenvalue weighted by atomic mass is 19.4. The van der Waals surface area contributed by atoms with E-state index in [1.807, 2.05) is 37.5 Å². The molecule has 0 aliphatic carbocycles. The summed E-state index contributed by atoms with van der Waals surface area (Å²) in [6, 6.07) is 8.87. The van der Waals surface area contributed by atoms with E-state index in [1.165, 1.54) is 24.3 Å². The number of hydrogen-bond acceptors (Lipinski definition) is 4. The molecule has 3 aromatic carbocycles. The Kier molecular flexibility index (Phi) is 7.31. The number of alkyl halides is 3. The highest BCUT2D eigenvalue weighted by Gasteiger charge is 2.61. The number of anilines is 2. The molecule has 0 radical (unpaired) electrons. The second-order valence-electron chi connectivity index (χ2n) is 10.0. The van der Waals surface area contributed by atoms with Crippen molar-refractivity contribution in [2.75, 3.05) is 42.5 Å². The Bertz CT molecular complexity index is 1500. The fourth-order valence-corrected chi connectivity index (χ4v) is 6.15. The highest BCUT2D eigenvalue weighted by Crippen LogP contribution is 2.60. The number of carbonyl (C=O) groups excluding carboxylic acids is 1. The van der Waals surface area contributed by atoms with Crippen LogP contribution in [0.1, 0.15) is 54.7 Å². The Balaban J connectivity index is 1.95. The zero-order valence-electron chi connectivity index (χ0n) is 23.3. The minimum Gasteiger partial charge on any atom is -0.456 e. The first-order valence-electron chi connectivity index (χ1n) is 13.6. The molecule has 12 heteroatoms. The Morgan fingerprint density at radius 3 is 1.62 bits per heavy atom. The highest BCUT2D eigenvalue weighted by molar-refractivity contribution is 6.03. The molecule has 1 amide bonds. The summed E-state index contributed by atoms with van der Waals surface area (Å²) in [5.41, 5.74) is -3.94. The number of ether oxygens (including phenoxy) is 1. The van der Waals surface area contributed by atoms with Gasteiger partial charge in [-0.15, -0.1) is 0 Å². The predicted molar refractivity (Wildman–Crippen MR) is 143 cm³/mol. The topological polar surface area (TPSA) is 36.0 Å². The summed E-state index contributed by atoms with van der Waals surface area (Å²) in [5, 5.41) is 0.